The van der Waals surface area contributed by atoms with E-state index < -0.39 is 46.7 Å². The second-order valence-electron chi connectivity index (χ2n) is 4.31. The van der Waals surface area contributed by atoms with Crippen LogP contribution in [0.25, 0.3) is 11.1 Å². The molecule has 1 N–H and O–H groups in total. The lowest BCUT2D eigenvalue weighted by Crippen LogP contribution is -2.19. The van der Waals surface area contributed by atoms with E-state index in [1.165, 1.54) is 0 Å². The summed E-state index contributed by atoms with van der Waals surface area (Å²) in [4.78, 5) is 10.9. The minimum absolute atomic E-state index is 0.222. The van der Waals surface area contributed by atoms with Gasteiger partial charge in [-0.2, -0.15) is 0 Å². The van der Waals surface area contributed by atoms with Crippen LogP contribution in [0, 0.1) is 17.5 Å². The molecule has 0 amide bonds. The second-order valence-corrected chi connectivity index (χ2v) is 4.31. The molecule has 0 unspecified atom stereocenters. The summed E-state index contributed by atoms with van der Waals surface area (Å²) in [5, 5.41) is 8.83. The number of ether oxygens (including phenoxy) is 1. The molecular weight excluding hydrogens is 330 g/mol. The molecule has 9 heteroatoms. The monoisotopic (exact) mass is 336 g/mol. The number of aromatic carboxylic acids is 1. The van der Waals surface area contributed by atoms with Gasteiger partial charge >= 0.3 is 12.3 Å². The van der Waals surface area contributed by atoms with Gasteiger partial charge in [-0.3, -0.25) is 0 Å². The molecule has 0 heterocycles. The summed E-state index contributed by atoms with van der Waals surface area (Å²) in [6, 6.07) is 2.92. The summed E-state index contributed by atoms with van der Waals surface area (Å²) in [6.45, 7) is 0. The van der Waals surface area contributed by atoms with Crippen LogP contribution in [0.4, 0.5) is 26.3 Å². The first-order chi connectivity index (χ1) is 10.6. The highest BCUT2D eigenvalue weighted by Crippen LogP contribution is 2.33. The minimum Gasteiger partial charge on any atom is -0.478 e. The molecule has 0 aliphatic heterocycles. The van der Waals surface area contributed by atoms with E-state index in [2.05, 4.69) is 4.74 Å². The van der Waals surface area contributed by atoms with Crippen molar-refractivity contribution in [3.05, 3.63) is 53.3 Å². The van der Waals surface area contributed by atoms with Crippen molar-refractivity contribution in [3.63, 3.8) is 0 Å². The van der Waals surface area contributed by atoms with Crippen molar-refractivity contribution in [1.82, 2.24) is 0 Å². The number of carbonyl (C=O) groups is 1. The zero-order valence-electron chi connectivity index (χ0n) is 10.9. The van der Waals surface area contributed by atoms with E-state index >= 15 is 0 Å². The molecule has 0 aromatic heterocycles. The van der Waals surface area contributed by atoms with Crippen LogP contribution in [-0.4, -0.2) is 17.4 Å². The zero-order valence-corrected chi connectivity index (χ0v) is 10.9. The highest BCUT2D eigenvalue weighted by molar-refractivity contribution is 5.92. The Morgan fingerprint density at radius 2 is 1.57 bits per heavy atom. The largest absolute Gasteiger partial charge is 0.573 e. The number of carboxylic acid groups (broad SMARTS) is 1. The number of rotatable bonds is 3. The Balaban J connectivity index is 2.59. The number of hydrogen-bond donors (Lipinski definition) is 1. The third-order valence-electron chi connectivity index (χ3n) is 2.76. The van der Waals surface area contributed by atoms with E-state index in [-0.39, 0.29) is 11.6 Å². The zero-order chi connectivity index (χ0) is 17.4. The molecule has 0 saturated heterocycles. The average Bonchev–Trinajstić information content (AvgIpc) is 2.40. The smallest absolute Gasteiger partial charge is 0.478 e. The fourth-order valence-electron chi connectivity index (χ4n) is 1.82. The quantitative estimate of drug-likeness (QED) is 0.669. The molecule has 0 atom stereocenters. The lowest BCUT2D eigenvalue weighted by molar-refractivity contribution is -0.274. The predicted molar refractivity (Wildman–Crippen MR) is 65.4 cm³/mol. The summed E-state index contributed by atoms with van der Waals surface area (Å²) < 4.78 is 80.2. The molecular formula is C14H6F6O3. The van der Waals surface area contributed by atoms with Gasteiger partial charge in [-0.15, -0.1) is 13.2 Å². The fraction of sp³-hybridized carbons (Fsp3) is 0.0714. The van der Waals surface area contributed by atoms with Crippen LogP contribution in [0.2, 0.25) is 0 Å². The van der Waals surface area contributed by atoms with Crippen molar-refractivity contribution < 1.29 is 41.0 Å². The Hall–Kier alpha value is -2.71. The van der Waals surface area contributed by atoms with Crippen LogP contribution in [-0.2, 0) is 0 Å². The Morgan fingerprint density at radius 3 is 2.13 bits per heavy atom. The maximum absolute atomic E-state index is 13.7. The number of hydrogen-bond acceptors (Lipinski definition) is 2. The summed E-state index contributed by atoms with van der Waals surface area (Å²) in [7, 11) is 0. The third-order valence-corrected chi connectivity index (χ3v) is 2.76. The lowest BCUT2D eigenvalue weighted by Gasteiger charge is -2.13. The predicted octanol–water partition coefficient (Wildman–Crippen LogP) is 4.37. The standard InChI is InChI=1S/C14H6F6O3/c15-9-5-11(17)10(16)4-8(9)6-1-2-7(13(21)22)12(3-6)23-14(18,19)20/h1-5H,(H,21,22). The molecule has 0 radical (unpaired) electrons. The lowest BCUT2D eigenvalue weighted by atomic mass is 10.0. The molecule has 0 fully saturated rings. The van der Waals surface area contributed by atoms with E-state index in [9.17, 15) is 31.1 Å². The Morgan fingerprint density at radius 1 is 0.957 bits per heavy atom. The van der Waals surface area contributed by atoms with Crippen LogP contribution in [0.15, 0.2) is 30.3 Å². The second kappa shape index (κ2) is 5.82. The van der Waals surface area contributed by atoms with Gasteiger partial charge in [0.25, 0.3) is 0 Å². The van der Waals surface area contributed by atoms with Crippen LogP contribution in [0.5, 0.6) is 5.75 Å². The van der Waals surface area contributed by atoms with Crippen LogP contribution in [0.1, 0.15) is 10.4 Å². The molecule has 0 spiro atoms. The third kappa shape index (κ3) is 3.74. The van der Waals surface area contributed by atoms with Crippen molar-refractivity contribution in [2.45, 2.75) is 6.36 Å². The first-order valence-electron chi connectivity index (χ1n) is 5.86. The van der Waals surface area contributed by atoms with Crippen LogP contribution in [0.3, 0.4) is 0 Å². The molecule has 0 aliphatic rings. The Labute approximate surface area is 124 Å². The van der Waals surface area contributed by atoms with Crippen LogP contribution >= 0.6 is 0 Å². The summed E-state index contributed by atoms with van der Waals surface area (Å²) in [5.74, 6) is -6.93. The summed E-state index contributed by atoms with van der Waals surface area (Å²) in [5.41, 5.74) is -1.69. The van der Waals surface area contributed by atoms with Crippen LogP contribution < -0.4 is 4.74 Å². The van der Waals surface area contributed by atoms with Crippen molar-refractivity contribution in [3.8, 4) is 16.9 Å². The maximum atomic E-state index is 13.7. The van der Waals surface area contributed by atoms with Gasteiger partial charge in [-0.25, -0.2) is 18.0 Å². The number of alkyl halides is 3. The van der Waals surface area contributed by atoms with Gasteiger partial charge in [0.15, 0.2) is 11.6 Å². The van der Waals surface area contributed by atoms with Gasteiger partial charge in [-0.05, 0) is 23.8 Å². The molecule has 0 saturated carbocycles. The normalized spacial score (nSPS) is 11.4. The van der Waals surface area contributed by atoms with Gasteiger partial charge in [-0.1, -0.05) is 6.07 Å². The Bertz CT molecular complexity index is 770. The fourth-order valence-corrected chi connectivity index (χ4v) is 1.82. The van der Waals surface area contributed by atoms with Gasteiger partial charge in [0.1, 0.15) is 17.1 Å². The first-order valence-corrected chi connectivity index (χ1v) is 5.86. The van der Waals surface area contributed by atoms with E-state index in [0.29, 0.717) is 12.1 Å². The van der Waals surface area contributed by atoms with Crippen molar-refractivity contribution in [2.24, 2.45) is 0 Å². The van der Waals surface area contributed by atoms with Crippen molar-refractivity contribution in [2.75, 3.05) is 0 Å². The molecule has 23 heavy (non-hydrogen) atoms. The van der Waals surface area contributed by atoms with Gasteiger partial charge in [0.2, 0.25) is 0 Å². The average molecular weight is 336 g/mol. The number of carboxylic acids is 1. The summed E-state index contributed by atoms with van der Waals surface area (Å²) in [6.07, 6.45) is -5.19. The SMILES string of the molecule is O=C(O)c1ccc(-c2cc(F)c(F)cc2F)cc1OC(F)(F)F. The molecule has 2 rings (SSSR count). The van der Waals surface area contributed by atoms with E-state index in [0.717, 1.165) is 12.1 Å². The highest BCUT2D eigenvalue weighted by Gasteiger charge is 2.33. The van der Waals surface area contributed by atoms with Gasteiger partial charge in [0, 0.05) is 11.6 Å². The van der Waals surface area contributed by atoms with E-state index in [1.54, 1.807) is 0 Å². The molecule has 2 aromatic carbocycles. The maximum Gasteiger partial charge on any atom is 0.573 e. The number of benzene rings is 2. The van der Waals surface area contributed by atoms with Gasteiger partial charge in [0.05, 0.1) is 0 Å². The molecule has 2 aromatic rings. The summed E-state index contributed by atoms with van der Waals surface area (Å²) >= 11 is 0. The van der Waals surface area contributed by atoms with E-state index in [4.69, 9.17) is 5.11 Å². The first kappa shape index (κ1) is 16.7. The molecule has 3 nitrogen and oxygen atoms in total. The Kier molecular flexibility index (Phi) is 4.22. The van der Waals surface area contributed by atoms with Crippen molar-refractivity contribution in [1.29, 1.82) is 0 Å². The van der Waals surface area contributed by atoms with Crippen molar-refractivity contribution >= 4 is 5.97 Å². The highest BCUT2D eigenvalue weighted by atomic mass is 19.4. The molecule has 0 bridgehead atoms. The molecule has 122 valence electrons. The minimum atomic E-state index is -5.19. The molecule has 0 aliphatic carbocycles. The van der Waals surface area contributed by atoms with E-state index in [1.807, 2.05) is 0 Å². The van der Waals surface area contributed by atoms with Gasteiger partial charge < -0.3 is 9.84 Å². The topological polar surface area (TPSA) is 46.5 Å². The number of halogens is 6.